The Morgan fingerprint density at radius 3 is 2.36 bits per heavy atom. The molecule has 5 nitrogen and oxygen atoms in total. The third-order valence-corrected chi connectivity index (χ3v) is 4.57. The van der Waals surface area contributed by atoms with Crippen LogP contribution in [-0.4, -0.2) is 31.5 Å². The van der Waals surface area contributed by atoms with Gasteiger partial charge in [-0.05, 0) is 48.2 Å². The van der Waals surface area contributed by atoms with Crippen molar-refractivity contribution in [2.75, 3.05) is 18.0 Å². The van der Waals surface area contributed by atoms with E-state index in [0.717, 1.165) is 29.8 Å². The summed E-state index contributed by atoms with van der Waals surface area (Å²) in [4.78, 5) is 25.6. The van der Waals surface area contributed by atoms with E-state index in [2.05, 4.69) is 10.1 Å². The molecule has 148 valence electrons. The first-order valence-electron chi connectivity index (χ1n) is 9.21. The Morgan fingerprint density at radius 1 is 1.07 bits per heavy atom. The Balaban J connectivity index is 1.42. The molecule has 0 unspecified atom stereocenters. The van der Waals surface area contributed by atoms with Crippen molar-refractivity contribution in [3.05, 3.63) is 59.7 Å². The average Bonchev–Trinajstić information content (AvgIpc) is 3.09. The molecule has 7 heteroatoms. The lowest BCUT2D eigenvalue weighted by atomic mass is 10.1. The van der Waals surface area contributed by atoms with Crippen LogP contribution >= 0.6 is 0 Å². The van der Waals surface area contributed by atoms with Gasteiger partial charge in [-0.2, -0.15) is 8.78 Å². The summed E-state index contributed by atoms with van der Waals surface area (Å²) < 4.78 is 28.5. The average molecular weight is 388 g/mol. The minimum atomic E-state index is -2.84. The van der Waals surface area contributed by atoms with E-state index in [1.807, 2.05) is 24.3 Å². The minimum Gasteiger partial charge on any atom is -0.435 e. The number of rotatable bonds is 8. The van der Waals surface area contributed by atoms with Crippen molar-refractivity contribution in [3.63, 3.8) is 0 Å². The Labute approximate surface area is 162 Å². The van der Waals surface area contributed by atoms with Crippen LogP contribution in [0.4, 0.5) is 14.5 Å². The van der Waals surface area contributed by atoms with Crippen molar-refractivity contribution in [3.8, 4) is 5.75 Å². The number of ether oxygens (including phenoxy) is 1. The number of alkyl halides is 2. The molecule has 1 aliphatic rings. The highest BCUT2D eigenvalue weighted by atomic mass is 19.3. The molecule has 0 aliphatic carbocycles. The molecule has 0 spiro atoms. The number of carbonyl (C=O) groups is 2. The highest BCUT2D eigenvalue weighted by Crippen LogP contribution is 2.21. The summed E-state index contributed by atoms with van der Waals surface area (Å²) in [6.45, 7) is -1.64. The molecule has 1 fully saturated rings. The van der Waals surface area contributed by atoms with Gasteiger partial charge in [-0.3, -0.25) is 9.59 Å². The van der Waals surface area contributed by atoms with Crippen LogP contribution in [0, 0.1) is 0 Å². The van der Waals surface area contributed by atoms with Crippen LogP contribution in [0.5, 0.6) is 5.75 Å². The van der Waals surface area contributed by atoms with E-state index >= 15 is 0 Å². The molecular formula is C21H22F2N2O3. The molecule has 3 rings (SSSR count). The van der Waals surface area contributed by atoms with Gasteiger partial charge in [-0.25, -0.2) is 0 Å². The first-order valence-corrected chi connectivity index (χ1v) is 9.21. The fourth-order valence-electron chi connectivity index (χ4n) is 3.15. The lowest BCUT2D eigenvalue weighted by Gasteiger charge is -2.15. The Hall–Kier alpha value is -2.96. The van der Waals surface area contributed by atoms with Gasteiger partial charge < -0.3 is 15.0 Å². The number of carbonyl (C=O) groups excluding carboxylic acids is 2. The largest absolute Gasteiger partial charge is 0.435 e. The lowest BCUT2D eigenvalue weighted by molar-refractivity contribution is -0.120. The highest BCUT2D eigenvalue weighted by molar-refractivity contribution is 5.95. The molecular weight excluding hydrogens is 366 g/mol. The summed E-state index contributed by atoms with van der Waals surface area (Å²) in [5.74, 6) is 0.156. The molecule has 0 saturated carbocycles. The van der Waals surface area contributed by atoms with Crippen LogP contribution in [0.3, 0.4) is 0 Å². The predicted molar refractivity (Wildman–Crippen MR) is 102 cm³/mol. The van der Waals surface area contributed by atoms with Crippen molar-refractivity contribution in [2.45, 2.75) is 32.3 Å². The summed E-state index contributed by atoms with van der Waals surface area (Å²) in [5, 5.41) is 2.85. The van der Waals surface area contributed by atoms with Crippen LogP contribution in [0.15, 0.2) is 48.5 Å². The van der Waals surface area contributed by atoms with Gasteiger partial charge in [-0.1, -0.05) is 24.3 Å². The van der Waals surface area contributed by atoms with Crippen LogP contribution < -0.4 is 15.0 Å². The molecule has 1 saturated heterocycles. The van der Waals surface area contributed by atoms with Crippen molar-refractivity contribution in [1.29, 1.82) is 0 Å². The standard InChI is InChI=1S/C21H22F2N2O3/c22-21(23)28-18-9-5-15(6-10-18)11-12-24-19(26)14-16-3-7-17(8-4-16)25-13-1-2-20(25)27/h3-10,21H,1-2,11-14H2,(H,24,26). The zero-order valence-corrected chi connectivity index (χ0v) is 15.4. The Kier molecular flexibility index (Phi) is 6.57. The smallest absolute Gasteiger partial charge is 0.387 e. The summed E-state index contributed by atoms with van der Waals surface area (Å²) >= 11 is 0. The zero-order chi connectivity index (χ0) is 19.9. The molecule has 0 aromatic heterocycles. The van der Waals surface area contributed by atoms with E-state index in [1.54, 1.807) is 17.0 Å². The second-order valence-corrected chi connectivity index (χ2v) is 6.61. The first-order chi connectivity index (χ1) is 13.5. The molecule has 0 atom stereocenters. The number of anilines is 1. The van der Waals surface area contributed by atoms with Crippen molar-refractivity contribution in [1.82, 2.24) is 5.32 Å². The number of hydrogen-bond acceptors (Lipinski definition) is 3. The van der Waals surface area contributed by atoms with E-state index in [0.29, 0.717) is 19.4 Å². The van der Waals surface area contributed by atoms with Gasteiger partial charge in [-0.15, -0.1) is 0 Å². The molecule has 2 aromatic carbocycles. The van der Waals surface area contributed by atoms with Crippen LogP contribution in [0.2, 0.25) is 0 Å². The normalized spacial score (nSPS) is 13.8. The van der Waals surface area contributed by atoms with Gasteiger partial charge in [0.15, 0.2) is 0 Å². The summed E-state index contributed by atoms with van der Waals surface area (Å²) in [7, 11) is 0. The van der Waals surface area contributed by atoms with E-state index in [4.69, 9.17) is 0 Å². The van der Waals surface area contributed by atoms with Crippen molar-refractivity contribution >= 4 is 17.5 Å². The molecule has 0 bridgehead atoms. The summed E-state index contributed by atoms with van der Waals surface area (Å²) in [5.41, 5.74) is 2.66. The molecule has 2 aromatic rings. The number of hydrogen-bond donors (Lipinski definition) is 1. The van der Waals surface area contributed by atoms with Gasteiger partial charge in [0.1, 0.15) is 5.75 Å². The Morgan fingerprint density at radius 2 is 1.75 bits per heavy atom. The zero-order valence-electron chi connectivity index (χ0n) is 15.4. The first kappa shape index (κ1) is 19.8. The second kappa shape index (κ2) is 9.30. The van der Waals surface area contributed by atoms with Gasteiger partial charge in [0.25, 0.3) is 0 Å². The van der Waals surface area contributed by atoms with Crippen LogP contribution in [-0.2, 0) is 22.4 Å². The molecule has 1 aliphatic heterocycles. The van der Waals surface area contributed by atoms with E-state index in [9.17, 15) is 18.4 Å². The lowest BCUT2D eigenvalue weighted by Crippen LogP contribution is -2.27. The molecule has 28 heavy (non-hydrogen) atoms. The van der Waals surface area contributed by atoms with Gasteiger partial charge >= 0.3 is 6.61 Å². The van der Waals surface area contributed by atoms with E-state index in [-0.39, 0.29) is 24.0 Å². The third-order valence-electron chi connectivity index (χ3n) is 4.57. The third kappa shape index (κ3) is 5.52. The maximum absolute atomic E-state index is 12.1. The number of halogens is 2. The van der Waals surface area contributed by atoms with Gasteiger partial charge in [0, 0.05) is 25.2 Å². The maximum Gasteiger partial charge on any atom is 0.387 e. The summed E-state index contributed by atoms with van der Waals surface area (Å²) in [6, 6.07) is 13.8. The van der Waals surface area contributed by atoms with Crippen LogP contribution in [0.25, 0.3) is 0 Å². The van der Waals surface area contributed by atoms with Crippen LogP contribution in [0.1, 0.15) is 24.0 Å². The SMILES string of the molecule is O=C(Cc1ccc(N2CCCC2=O)cc1)NCCc1ccc(OC(F)F)cc1. The molecule has 0 radical (unpaired) electrons. The fourth-order valence-corrected chi connectivity index (χ4v) is 3.15. The summed E-state index contributed by atoms with van der Waals surface area (Å²) in [6.07, 6.45) is 2.32. The van der Waals surface area contributed by atoms with E-state index in [1.165, 1.54) is 12.1 Å². The number of benzene rings is 2. The second-order valence-electron chi connectivity index (χ2n) is 6.61. The molecule has 2 amide bonds. The van der Waals surface area contributed by atoms with Crippen molar-refractivity contribution < 1.29 is 23.1 Å². The fraction of sp³-hybridized carbons (Fsp3) is 0.333. The molecule has 1 heterocycles. The predicted octanol–water partition coefficient (Wildman–Crippen LogP) is 3.32. The Bertz CT molecular complexity index is 807. The van der Waals surface area contributed by atoms with Gasteiger partial charge in [0.2, 0.25) is 11.8 Å². The van der Waals surface area contributed by atoms with Crippen molar-refractivity contribution in [2.24, 2.45) is 0 Å². The maximum atomic E-state index is 12.1. The van der Waals surface area contributed by atoms with E-state index < -0.39 is 6.61 Å². The highest BCUT2D eigenvalue weighted by Gasteiger charge is 2.21. The number of nitrogens with one attached hydrogen (secondary N) is 1. The molecule has 1 N–H and O–H groups in total. The number of nitrogens with zero attached hydrogens (tertiary/aromatic N) is 1. The topological polar surface area (TPSA) is 58.6 Å². The minimum absolute atomic E-state index is 0.0948. The monoisotopic (exact) mass is 388 g/mol. The quantitative estimate of drug-likeness (QED) is 0.755. The number of amides is 2. The van der Waals surface area contributed by atoms with Gasteiger partial charge in [0.05, 0.1) is 6.42 Å².